The van der Waals surface area contributed by atoms with Gasteiger partial charge in [-0.2, -0.15) is 0 Å². The summed E-state index contributed by atoms with van der Waals surface area (Å²) < 4.78 is 4.68. The standard InChI is InChI=1S/C7H14N2O2/c1-11-5-7(10)9-6-2-3-8-4-6/h6,8H,2-5H2,1H3,(H,9,10)/t6-/m1/s1. The van der Waals surface area contributed by atoms with Crippen LogP contribution in [0.3, 0.4) is 0 Å². The molecule has 64 valence electrons. The highest BCUT2D eigenvalue weighted by molar-refractivity contribution is 5.77. The lowest BCUT2D eigenvalue weighted by molar-refractivity contribution is -0.125. The molecule has 1 aliphatic rings. The van der Waals surface area contributed by atoms with Crippen molar-refractivity contribution in [1.82, 2.24) is 10.6 Å². The largest absolute Gasteiger partial charge is 0.375 e. The number of methoxy groups -OCH3 is 1. The zero-order chi connectivity index (χ0) is 8.10. The molecular formula is C7H14N2O2. The van der Waals surface area contributed by atoms with Crippen molar-refractivity contribution in [2.45, 2.75) is 12.5 Å². The molecule has 4 heteroatoms. The Morgan fingerprint density at radius 1 is 1.82 bits per heavy atom. The number of rotatable bonds is 3. The van der Waals surface area contributed by atoms with Gasteiger partial charge in [0.1, 0.15) is 6.61 Å². The van der Waals surface area contributed by atoms with E-state index in [4.69, 9.17) is 0 Å². The van der Waals surface area contributed by atoms with Gasteiger partial charge in [0.05, 0.1) is 0 Å². The lowest BCUT2D eigenvalue weighted by atomic mass is 10.2. The van der Waals surface area contributed by atoms with E-state index < -0.39 is 0 Å². The summed E-state index contributed by atoms with van der Waals surface area (Å²) in [4.78, 5) is 10.9. The Kier molecular flexibility index (Phi) is 3.32. The van der Waals surface area contributed by atoms with Gasteiger partial charge < -0.3 is 15.4 Å². The molecule has 0 aromatic rings. The molecule has 1 rings (SSSR count). The number of hydrogen-bond donors (Lipinski definition) is 2. The minimum atomic E-state index is -0.0267. The zero-order valence-corrected chi connectivity index (χ0v) is 6.72. The van der Waals surface area contributed by atoms with Crippen molar-refractivity contribution >= 4 is 5.91 Å². The van der Waals surface area contributed by atoms with Crippen molar-refractivity contribution in [3.8, 4) is 0 Å². The summed E-state index contributed by atoms with van der Waals surface area (Å²) in [5.74, 6) is -0.0267. The van der Waals surface area contributed by atoms with Crippen LogP contribution in [0, 0.1) is 0 Å². The van der Waals surface area contributed by atoms with E-state index in [0.717, 1.165) is 19.5 Å². The zero-order valence-electron chi connectivity index (χ0n) is 6.72. The van der Waals surface area contributed by atoms with E-state index in [-0.39, 0.29) is 12.5 Å². The fraction of sp³-hybridized carbons (Fsp3) is 0.857. The van der Waals surface area contributed by atoms with E-state index in [1.165, 1.54) is 7.11 Å². The van der Waals surface area contributed by atoms with Gasteiger partial charge in [0.2, 0.25) is 5.91 Å². The molecule has 0 aromatic heterocycles. The van der Waals surface area contributed by atoms with Gasteiger partial charge in [-0.25, -0.2) is 0 Å². The molecule has 0 spiro atoms. The number of hydrogen-bond acceptors (Lipinski definition) is 3. The second-order valence-electron chi connectivity index (χ2n) is 2.69. The molecule has 0 aliphatic carbocycles. The summed E-state index contributed by atoms with van der Waals surface area (Å²) >= 11 is 0. The van der Waals surface area contributed by atoms with Gasteiger partial charge in [-0.1, -0.05) is 0 Å². The maximum Gasteiger partial charge on any atom is 0.246 e. The quantitative estimate of drug-likeness (QED) is 0.560. The van der Waals surface area contributed by atoms with Crippen LogP contribution in [0.25, 0.3) is 0 Å². The molecule has 1 heterocycles. The minimum absolute atomic E-state index is 0.0267. The first kappa shape index (κ1) is 8.49. The molecule has 1 amide bonds. The summed E-state index contributed by atoms with van der Waals surface area (Å²) in [6.45, 7) is 2.05. The third-order valence-electron chi connectivity index (χ3n) is 1.70. The van der Waals surface area contributed by atoms with Crippen LogP contribution >= 0.6 is 0 Å². The first-order valence-electron chi connectivity index (χ1n) is 3.82. The highest BCUT2D eigenvalue weighted by atomic mass is 16.5. The molecule has 1 saturated heterocycles. The van der Waals surface area contributed by atoms with Crippen LogP contribution in [0.2, 0.25) is 0 Å². The number of nitrogens with one attached hydrogen (secondary N) is 2. The molecule has 1 atom stereocenters. The third-order valence-corrected chi connectivity index (χ3v) is 1.70. The van der Waals surface area contributed by atoms with E-state index in [9.17, 15) is 4.79 Å². The first-order valence-corrected chi connectivity index (χ1v) is 3.82. The predicted octanol–water partition coefficient (Wildman–Crippen LogP) is -0.889. The topological polar surface area (TPSA) is 50.4 Å². The van der Waals surface area contributed by atoms with Gasteiger partial charge in [-0.15, -0.1) is 0 Å². The Morgan fingerprint density at radius 2 is 2.64 bits per heavy atom. The third kappa shape index (κ3) is 2.86. The van der Waals surface area contributed by atoms with Gasteiger partial charge in [0.25, 0.3) is 0 Å². The second-order valence-corrected chi connectivity index (χ2v) is 2.69. The summed E-state index contributed by atoms with van der Waals surface area (Å²) in [6, 6.07) is 0.303. The van der Waals surface area contributed by atoms with Crippen molar-refractivity contribution in [3.05, 3.63) is 0 Å². The molecule has 0 aromatic carbocycles. The summed E-state index contributed by atoms with van der Waals surface area (Å²) in [6.07, 6.45) is 1.02. The lowest BCUT2D eigenvalue weighted by Gasteiger charge is -2.09. The van der Waals surface area contributed by atoms with Gasteiger partial charge >= 0.3 is 0 Å². The van der Waals surface area contributed by atoms with Crippen LogP contribution in [-0.4, -0.2) is 38.8 Å². The normalized spacial score (nSPS) is 23.5. The Morgan fingerprint density at radius 3 is 3.18 bits per heavy atom. The minimum Gasteiger partial charge on any atom is -0.375 e. The fourth-order valence-electron chi connectivity index (χ4n) is 1.18. The van der Waals surface area contributed by atoms with Gasteiger partial charge in [0, 0.05) is 19.7 Å². The molecule has 0 bridgehead atoms. The Bertz CT molecular complexity index is 132. The smallest absolute Gasteiger partial charge is 0.246 e. The van der Waals surface area contributed by atoms with Crippen LogP contribution in [-0.2, 0) is 9.53 Å². The Labute approximate surface area is 66.3 Å². The van der Waals surface area contributed by atoms with E-state index in [2.05, 4.69) is 15.4 Å². The maximum absolute atomic E-state index is 10.9. The maximum atomic E-state index is 10.9. The number of ether oxygens (including phenoxy) is 1. The molecule has 1 aliphatic heterocycles. The van der Waals surface area contributed by atoms with Crippen molar-refractivity contribution in [2.24, 2.45) is 0 Å². The molecule has 0 radical (unpaired) electrons. The van der Waals surface area contributed by atoms with Crippen LogP contribution in [0.4, 0.5) is 0 Å². The van der Waals surface area contributed by atoms with Crippen LogP contribution in [0.15, 0.2) is 0 Å². The number of carbonyl (C=O) groups excluding carboxylic acids is 1. The second kappa shape index (κ2) is 4.31. The molecule has 2 N–H and O–H groups in total. The summed E-state index contributed by atoms with van der Waals surface area (Å²) in [5.41, 5.74) is 0. The van der Waals surface area contributed by atoms with Gasteiger partial charge in [0.15, 0.2) is 0 Å². The Hall–Kier alpha value is -0.610. The molecule has 4 nitrogen and oxygen atoms in total. The molecule has 1 fully saturated rings. The van der Waals surface area contributed by atoms with Crippen molar-refractivity contribution < 1.29 is 9.53 Å². The van der Waals surface area contributed by atoms with E-state index in [0.29, 0.717) is 6.04 Å². The number of amides is 1. The van der Waals surface area contributed by atoms with Gasteiger partial charge in [-0.3, -0.25) is 4.79 Å². The first-order chi connectivity index (χ1) is 5.33. The van der Waals surface area contributed by atoms with Crippen LogP contribution in [0.1, 0.15) is 6.42 Å². The van der Waals surface area contributed by atoms with E-state index >= 15 is 0 Å². The fourth-order valence-corrected chi connectivity index (χ4v) is 1.18. The Balaban J connectivity index is 2.13. The molecule has 0 unspecified atom stereocenters. The monoisotopic (exact) mass is 158 g/mol. The summed E-state index contributed by atoms with van der Waals surface area (Å²) in [7, 11) is 1.52. The number of carbonyl (C=O) groups is 1. The van der Waals surface area contributed by atoms with Gasteiger partial charge in [-0.05, 0) is 13.0 Å². The SMILES string of the molecule is COCC(=O)N[C@@H]1CCNC1. The molecular weight excluding hydrogens is 144 g/mol. The van der Waals surface area contributed by atoms with Crippen molar-refractivity contribution in [3.63, 3.8) is 0 Å². The van der Waals surface area contributed by atoms with Crippen LogP contribution in [0.5, 0.6) is 0 Å². The summed E-state index contributed by atoms with van der Waals surface area (Å²) in [5, 5.41) is 6.02. The lowest BCUT2D eigenvalue weighted by Crippen LogP contribution is -2.38. The van der Waals surface area contributed by atoms with Crippen LogP contribution < -0.4 is 10.6 Å². The average Bonchev–Trinajstić information content (AvgIpc) is 2.40. The predicted molar refractivity (Wildman–Crippen MR) is 41.3 cm³/mol. The van der Waals surface area contributed by atoms with Crippen molar-refractivity contribution in [1.29, 1.82) is 0 Å². The highest BCUT2D eigenvalue weighted by Gasteiger charge is 2.15. The average molecular weight is 158 g/mol. The van der Waals surface area contributed by atoms with E-state index in [1.54, 1.807) is 0 Å². The highest BCUT2D eigenvalue weighted by Crippen LogP contribution is 1.95. The van der Waals surface area contributed by atoms with Crippen molar-refractivity contribution in [2.75, 3.05) is 26.8 Å². The van der Waals surface area contributed by atoms with E-state index in [1.807, 2.05) is 0 Å². The molecule has 11 heavy (non-hydrogen) atoms. The molecule has 0 saturated carbocycles.